The van der Waals surface area contributed by atoms with Gasteiger partial charge in [0.1, 0.15) is 12.1 Å². The molecule has 2 aromatic carbocycles. The molecular formula is C22H23N3O3. The van der Waals surface area contributed by atoms with Crippen molar-refractivity contribution in [3.8, 4) is 0 Å². The minimum absolute atomic E-state index is 0.304. The molecule has 0 aromatic heterocycles. The molecule has 6 nitrogen and oxygen atoms in total. The minimum Gasteiger partial charge on any atom is -0.325 e. The Morgan fingerprint density at radius 2 is 1.86 bits per heavy atom. The molecule has 1 aliphatic heterocycles. The van der Waals surface area contributed by atoms with Crippen LogP contribution in [0, 0.1) is 13.8 Å². The van der Waals surface area contributed by atoms with Crippen LogP contribution in [0.3, 0.4) is 0 Å². The van der Waals surface area contributed by atoms with Gasteiger partial charge in [-0.2, -0.15) is 0 Å². The highest BCUT2D eigenvalue weighted by molar-refractivity contribution is 6.10. The molecule has 1 spiro atoms. The van der Waals surface area contributed by atoms with E-state index in [2.05, 4.69) is 10.6 Å². The number of amides is 4. The van der Waals surface area contributed by atoms with E-state index in [0.717, 1.165) is 40.0 Å². The summed E-state index contributed by atoms with van der Waals surface area (Å²) in [7, 11) is 0. The van der Waals surface area contributed by atoms with E-state index in [1.165, 1.54) is 0 Å². The number of carbonyl (C=O) groups is 3. The van der Waals surface area contributed by atoms with Crippen molar-refractivity contribution in [2.24, 2.45) is 0 Å². The summed E-state index contributed by atoms with van der Waals surface area (Å²) < 4.78 is 0. The van der Waals surface area contributed by atoms with Gasteiger partial charge in [0.2, 0.25) is 5.91 Å². The summed E-state index contributed by atoms with van der Waals surface area (Å²) >= 11 is 0. The Bertz CT molecular complexity index is 964. The van der Waals surface area contributed by atoms with Gasteiger partial charge in [0.15, 0.2) is 0 Å². The molecule has 1 aliphatic carbocycles. The fraction of sp³-hybridized carbons (Fsp3) is 0.318. The number of benzene rings is 2. The Balaban J connectivity index is 1.55. The third-order valence-corrected chi connectivity index (χ3v) is 5.46. The van der Waals surface area contributed by atoms with Crippen LogP contribution in [0.15, 0.2) is 42.5 Å². The Kier molecular flexibility index (Phi) is 4.41. The van der Waals surface area contributed by atoms with E-state index in [9.17, 15) is 14.4 Å². The maximum absolute atomic E-state index is 13.2. The Hall–Kier alpha value is -3.15. The van der Waals surface area contributed by atoms with Gasteiger partial charge in [0.05, 0.1) is 0 Å². The molecule has 2 aliphatic rings. The smallest absolute Gasteiger partial charge is 0.325 e. The number of nitrogens with zero attached hydrogens (tertiary/aromatic N) is 1. The van der Waals surface area contributed by atoms with Crippen molar-refractivity contribution in [3.05, 3.63) is 64.7 Å². The summed E-state index contributed by atoms with van der Waals surface area (Å²) in [5.41, 5.74) is 3.59. The number of hydrogen-bond donors (Lipinski definition) is 2. The van der Waals surface area contributed by atoms with Crippen LogP contribution in [0.2, 0.25) is 0 Å². The molecule has 1 atom stereocenters. The van der Waals surface area contributed by atoms with E-state index in [0.29, 0.717) is 12.1 Å². The number of anilines is 1. The van der Waals surface area contributed by atoms with Crippen LogP contribution in [-0.2, 0) is 21.5 Å². The first-order chi connectivity index (χ1) is 13.4. The third-order valence-electron chi connectivity index (χ3n) is 5.46. The van der Waals surface area contributed by atoms with Crippen LogP contribution in [0.5, 0.6) is 0 Å². The molecule has 0 saturated carbocycles. The Labute approximate surface area is 163 Å². The number of rotatable bonds is 3. The Morgan fingerprint density at radius 1 is 1.14 bits per heavy atom. The van der Waals surface area contributed by atoms with Gasteiger partial charge in [-0.15, -0.1) is 0 Å². The van der Waals surface area contributed by atoms with Gasteiger partial charge in [-0.3, -0.25) is 14.5 Å². The predicted octanol–water partition coefficient (Wildman–Crippen LogP) is 3.03. The zero-order chi connectivity index (χ0) is 19.9. The van der Waals surface area contributed by atoms with Gasteiger partial charge >= 0.3 is 6.03 Å². The zero-order valence-corrected chi connectivity index (χ0v) is 16.0. The average molecular weight is 377 g/mol. The predicted molar refractivity (Wildman–Crippen MR) is 106 cm³/mol. The van der Waals surface area contributed by atoms with Crippen LogP contribution in [0.1, 0.15) is 35.1 Å². The summed E-state index contributed by atoms with van der Waals surface area (Å²) in [5.74, 6) is -0.741. The molecule has 28 heavy (non-hydrogen) atoms. The highest BCUT2D eigenvalue weighted by Gasteiger charge is 2.54. The maximum atomic E-state index is 13.2. The molecule has 1 heterocycles. The summed E-state index contributed by atoms with van der Waals surface area (Å²) in [6.07, 6.45) is 2.24. The largest absolute Gasteiger partial charge is 0.325 e. The maximum Gasteiger partial charge on any atom is 0.325 e. The quantitative estimate of drug-likeness (QED) is 0.807. The molecule has 2 N–H and O–H groups in total. The van der Waals surface area contributed by atoms with Crippen molar-refractivity contribution >= 4 is 23.5 Å². The topological polar surface area (TPSA) is 78.5 Å². The minimum atomic E-state index is -1.05. The monoisotopic (exact) mass is 377 g/mol. The Morgan fingerprint density at radius 3 is 2.61 bits per heavy atom. The van der Waals surface area contributed by atoms with E-state index >= 15 is 0 Å². The fourth-order valence-electron chi connectivity index (χ4n) is 4.35. The first kappa shape index (κ1) is 18.2. The zero-order valence-electron chi connectivity index (χ0n) is 16.0. The number of hydrogen-bond acceptors (Lipinski definition) is 3. The molecule has 0 unspecified atom stereocenters. The fourth-order valence-corrected chi connectivity index (χ4v) is 4.35. The number of carbonyl (C=O) groups excluding carboxylic acids is 3. The van der Waals surface area contributed by atoms with Crippen LogP contribution in [-0.4, -0.2) is 29.3 Å². The van der Waals surface area contributed by atoms with Crippen LogP contribution >= 0.6 is 0 Å². The highest BCUT2D eigenvalue weighted by Crippen LogP contribution is 2.39. The summed E-state index contributed by atoms with van der Waals surface area (Å²) in [4.78, 5) is 39.3. The molecular weight excluding hydrogens is 354 g/mol. The highest BCUT2D eigenvalue weighted by atomic mass is 16.2. The molecule has 1 fully saturated rings. The lowest BCUT2D eigenvalue weighted by Crippen LogP contribution is -2.47. The molecule has 4 amide bonds. The van der Waals surface area contributed by atoms with Gasteiger partial charge in [0, 0.05) is 5.69 Å². The average Bonchev–Trinajstić information content (AvgIpc) is 2.86. The lowest BCUT2D eigenvalue weighted by Gasteiger charge is -2.33. The third kappa shape index (κ3) is 3.05. The normalized spacial score (nSPS) is 20.9. The molecule has 0 radical (unpaired) electrons. The summed E-state index contributed by atoms with van der Waals surface area (Å²) in [6.45, 7) is 3.59. The van der Waals surface area contributed by atoms with Crippen molar-refractivity contribution in [3.63, 3.8) is 0 Å². The molecule has 1 saturated heterocycles. The van der Waals surface area contributed by atoms with Crippen molar-refractivity contribution in [1.82, 2.24) is 10.2 Å². The van der Waals surface area contributed by atoms with Gasteiger partial charge in [-0.05, 0) is 67.5 Å². The SMILES string of the molecule is Cc1cc(C)cc(NC(=O)CN2C(=O)N[C@@]3(CCCc4ccccc43)C2=O)c1. The van der Waals surface area contributed by atoms with Gasteiger partial charge < -0.3 is 10.6 Å². The lowest BCUT2D eigenvalue weighted by atomic mass is 9.76. The second kappa shape index (κ2) is 6.78. The number of aryl methyl sites for hydroxylation is 3. The molecule has 6 heteroatoms. The van der Waals surface area contributed by atoms with Crippen molar-refractivity contribution in [1.29, 1.82) is 0 Å². The van der Waals surface area contributed by atoms with E-state index < -0.39 is 17.5 Å². The van der Waals surface area contributed by atoms with Gasteiger partial charge in [-0.25, -0.2) is 4.79 Å². The number of imide groups is 1. The van der Waals surface area contributed by atoms with E-state index in [-0.39, 0.29) is 12.5 Å². The molecule has 144 valence electrons. The van der Waals surface area contributed by atoms with Crippen LogP contribution in [0.25, 0.3) is 0 Å². The van der Waals surface area contributed by atoms with E-state index in [4.69, 9.17) is 0 Å². The second-order valence-corrected chi connectivity index (χ2v) is 7.66. The number of fused-ring (bicyclic) bond motifs is 2. The molecule has 0 bridgehead atoms. The van der Waals surface area contributed by atoms with Crippen molar-refractivity contribution in [2.45, 2.75) is 38.6 Å². The van der Waals surface area contributed by atoms with Crippen LogP contribution in [0.4, 0.5) is 10.5 Å². The standard InChI is InChI=1S/C22H23N3O3/c1-14-10-15(2)12-17(11-14)23-19(26)13-25-20(27)22(24-21(25)28)9-5-7-16-6-3-4-8-18(16)22/h3-4,6,8,10-12H,5,7,9,13H2,1-2H3,(H,23,26)(H,24,28)/t22-/m1/s1. The number of urea groups is 1. The lowest BCUT2D eigenvalue weighted by molar-refractivity contribution is -0.134. The summed E-state index contributed by atoms with van der Waals surface area (Å²) in [5, 5.41) is 5.66. The first-order valence-corrected chi connectivity index (χ1v) is 9.50. The van der Waals surface area contributed by atoms with E-state index in [1.807, 2.05) is 56.3 Å². The summed E-state index contributed by atoms with van der Waals surface area (Å²) in [6, 6.07) is 12.9. The van der Waals surface area contributed by atoms with E-state index in [1.54, 1.807) is 0 Å². The number of nitrogens with one attached hydrogen (secondary N) is 2. The van der Waals surface area contributed by atoms with Crippen LogP contribution < -0.4 is 10.6 Å². The second-order valence-electron chi connectivity index (χ2n) is 7.66. The van der Waals surface area contributed by atoms with Gasteiger partial charge in [0.25, 0.3) is 5.91 Å². The molecule has 2 aromatic rings. The van der Waals surface area contributed by atoms with Crippen molar-refractivity contribution < 1.29 is 14.4 Å². The molecule has 4 rings (SSSR count). The van der Waals surface area contributed by atoms with Gasteiger partial charge in [-0.1, -0.05) is 30.3 Å². The van der Waals surface area contributed by atoms with Crippen molar-refractivity contribution in [2.75, 3.05) is 11.9 Å². The first-order valence-electron chi connectivity index (χ1n) is 9.50.